The molecule has 3 aromatic rings. The van der Waals surface area contributed by atoms with Crippen LogP contribution in [-0.2, 0) is 0 Å². The molecule has 4 nitrogen and oxygen atoms in total. The first-order valence-corrected chi connectivity index (χ1v) is 8.98. The minimum absolute atomic E-state index is 0.166. The molecule has 0 fully saturated rings. The summed E-state index contributed by atoms with van der Waals surface area (Å²) in [4.78, 5) is 18.7. The fraction of sp³-hybridized carbons (Fsp3) is 0.0952. The Kier molecular flexibility index (Phi) is 5.67. The van der Waals surface area contributed by atoms with Crippen LogP contribution in [0.5, 0.6) is 0 Å². The number of rotatable bonds is 5. The van der Waals surface area contributed by atoms with Crippen molar-refractivity contribution < 1.29 is 4.79 Å². The maximum absolute atomic E-state index is 12.8. The molecule has 128 valence electrons. The van der Waals surface area contributed by atoms with Crippen molar-refractivity contribution >= 4 is 17.7 Å². The number of nitriles is 1. The molecule has 5 heteroatoms. The summed E-state index contributed by atoms with van der Waals surface area (Å²) in [5.74, 6) is -0.166. The summed E-state index contributed by atoms with van der Waals surface area (Å²) in [7, 11) is 0. The monoisotopic (exact) mass is 359 g/mol. The zero-order valence-electron chi connectivity index (χ0n) is 14.2. The molecule has 1 atom stereocenters. The predicted molar refractivity (Wildman–Crippen MR) is 102 cm³/mol. The number of hydrogen-bond donors (Lipinski definition) is 1. The Hall–Kier alpha value is -3.10. The maximum Gasteiger partial charge on any atom is 0.252 e. The van der Waals surface area contributed by atoms with E-state index in [1.807, 2.05) is 61.5 Å². The molecule has 26 heavy (non-hydrogen) atoms. The van der Waals surface area contributed by atoms with Crippen molar-refractivity contribution in [1.82, 2.24) is 10.3 Å². The van der Waals surface area contributed by atoms with E-state index in [0.29, 0.717) is 11.1 Å². The van der Waals surface area contributed by atoms with Crippen LogP contribution in [-0.4, -0.2) is 10.9 Å². The summed E-state index contributed by atoms with van der Waals surface area (Å²) in [5, 5.41) is 12.3. The van der Waals surface area contributed by atoms with Crippen LogP contribution in [0.15, 0.2) is 82.7 Å². The fourth-order valence-corrected chi connectivity index (χ4v) is 3.51. The number of benzene rings is 2. The lowest BCUT2D eigenvalue weighted by molar-refractivity contribution is 0.0936. The van der Waals surface area contributed by atoms with E-state index in [2.05, 4.69) is 16.4 Å². The van der Waals surface area contributed by atoms with Crippen molar-refractivity contribution in [2.75, 3.05) is 0 Å². The van der Waals surface area contributed by atoms with Gasteiger partial charge in [-0.2, -0.15) is 5.26 Å². The first kappa shape index (κ1) is 17.7. The van der Waals surface area contributed by atoms with Crippen molar-refractivity contribution in [3.8, 4) is 6.07 Å². The van der Waals surface area contributed by atoms with Crippen molar-refractivity contribution in [2.24, 2.45) is 0 Å². The Morgan fingerprint density at radius 3 is 2.46 bits per heavy atom. The minimum atomic E-state index is -0.201. The molecular weight excluding hydrogens is 342 g/mol. The highest BCUT2D eigenvalue weighted by atomic mass is 32.2. The lowest BCUT2D eigenvalue weighted by Gasteiger charge is -2.15. The van der Waals surface area contributed by atoms with Crippen molar-refractivity contribution in [3.05, 3.63) is 89.7 Å². The van der Waals surface area contributed by atoms with Gasteiger partial charge in [-0.25, -0.2) is 0 Å². The Balaban J connectivity index is 1.83. The molecule has 1 heterocycles. The smallest absolute Gasteiger partial charge is 0.252 e. The number of nitrogens with zero attached hydrogens (tertiary/aromatic N) is 2. The van der Waals surface area contributed by atoms with Gasteiger partial charge >= 0.3 is 0 Å². The molecule has 2 aromatic carbocycles. The normalized spacial score (nSPS) is 11.4. The number of pyridine rings is 1. The summed E-state index contributed by atoms with van der Waals surface area (Å²) in [6.45, 7) is 1.90. The molecule has 1 amide bonds. The van der Waals surface area contributed by atoms with Gasteiger partial charge < -0.3 is 5.32 Å². The fourth-order valence-electron chi connectivity index (χ4n) is 2.49. The summed E-state index contributed by atoms with van der Waals surface area (Å²) < 4.78 is 0. The van der Waals surface area contributed by atoms with Crippen molar-refractivity contribution in [2.45, 2.75) is 22.8 Å². The molecule has 3 rings (SSSR count). The van der Waals surface area contributed by atoms with Gasteiger partial charge in [0, 0.05) is 16.0 Å². The van der Waals surface area contributed by atoms with Gasteiger partial charge in [-0.15, -0.1) is 0 Å². The van der Waals surface area contributed by atoms with Gasteiger partial charge in [0.2, 0.25) is 0 Å². The molecule has 0 saturated carbocycles. The van der Waals surface area contributed by atoms with E-state index < -0.39 is 0 Å². The second-order valence-electron chi connectivity index (χ2n) is 5.66. The van der Waals surface area contributed by atoms with Crippen LogP contribution in [0.4, 0.5) is 0 Å². The second kappa shape index (κ2) is 8.32. The van der Waals surface area contributed by atoms with E-state index >= 15 is 0 Å². The van der Waals surface area contributed by atoms with Crippen LogP contribution >= 0.6 is 11.8 Å². The summed E-state index contributed by atoms with van der Waals surface area (Å²) >= 11 is 1.42. The van der Waals surface area contributed by atoms with E-state index in [1.165, 1.54) is 11.8 Å². The molecule has 1 aromatic heterocycles. The Bertz CT molecular complexity index is 951. The molecule has 0 radical (unpaired) electrons. The third-order valence-electron chi connectivity index (χ3n) is 3.84. The number of aromatic nitrogens is 1. The lowest BCUT2D eigenvalue weighted by Crippen LogP contribution is -2.27. The maximum atomic E-state index is 12.8. The predicted octanol–water partition coefficient (Wildman–Crippen LogP) is 4.60. The van der Waals surface area contributed by atoms with Crippen molar-refractivity contribution in [1.29, 1.82) is 5.26 Å². The Labute approximate surface area is 156 Å². The standard InChI is InChI=1S/C21H17N3OS/c1-15(18-10-6-7-13-23-18)24-21(25)17-9-3-5-12-20(17)26-19-11-4-2-8-16(19)14-22/h2-13,15H,1H3,(H,24,25)/t15-/m1/s1. The summed E-state index contributed by atoms with van der Waals surface area (Å²) in [6, 6.07) is 22.4. The van der Waals surface area contributed by atoms with Gasteiger partial charge in [0.15, 0.2) is 0 Å². The number of amides is 1. The summed E-state index contributed by atoms with van der Waals surface area (Å²) in [5.41, 5.74) is 1.98. The first-order chi connectivity index (χ1) is 12.7. The number of nitrogens with one attached hydrogen (secondary N) is 1. The van der Waals surface area contributed by atoms with E-state index in [4.69, 9.17) is 0 Å². The number of hydrogen-bond acceptors (Lipinski definition) is 4. The topological polar surface area (TPSA) is 65.8 Å². The quantitative estimate of drug-likeness (QED) is 0.723. The van der Waals surface area contributed by atoms with E-state index in [9.17, 15) is 10.1 Å². The van der Waals surface area contributed by atoms with Crippen LogP contribution < -0.4 is 5.32 Å². The Morgan fingerprint density at radius 2 is 1.73 bits per heavy atom. The van der Waals surface area contributed by atoms with Crippen molar-refractivity contribution in [3.63, 3.8) is 0 Å². The van der Waals surface area contributed by atoms with Gasteiger partial charge in [0.25, 0.3) is 5.91 Å². The van der Waals surface area contributed by atoms with Crippen LogP contribution in [0.25, 0.3) is 0 Å². The molecule has 0 saturated heterocycles. The zero-order chi connectivity index (χ0) is 18.4. The van der Waals surface area contributed by atoms with Crippen LogP contribution in [0.3, 0.4) is 0 Å². The van der Waals surface area contributed by atoms with E-state index in [0.717, 1.165) is 15.5 Å². The lowest BCUT2D eigenvalue weighted by atomic mass is 10.1. The molecule has 0 aliphatic carbocycles. The largest absolute Gasteiger partial charge is 0.344 e. The van der Waals surface area contributed by atoms with Crippen LogP contribution in [0.1, 0.15) is 34.6 Å². The molecule has 0 bridgehead atoms. The van der Waals surface area contributed by atoms with Crippen LogP contribution in [0, 0.1) is 11.3 Å². The molecule has 1 N–H and O–H groups in total. The highest BCUT2D eigenvalue weighted by Gasteiger charge is 2.16. The third-order valence-corrected chi connectivity index (χ3v) is 4.99. The van der Waals surface area contributed by atoms with Gasteiger partial charge in [-0.05, 0) is 43.3 Å². The van der Waals surface area contributed by atoms with Crippen LogP contribution in [0.2, 0.25) is 0 Å². The van der Waals surface area contributed by atoms with E-state index in [-0.39, 0.29) is 11.9 Å². The Morgan fingerprint density at radius 1 is 1.04 bits per heavy atom. The molecule has 0 unspecified atom stereocenters. The third kappa shape index (κ3) is 4.11. The second-order valence-corrected chi connectivity index (χ2v) is 6.74. The summed E-state index contributed by atoms with van der Waals surface area (Å²) in [6.07, 6.45) is 1.71. The number of carbonyl (C=O) groups excluding carboxylic acids is 1. The zero-order valence-corrected chi connectivity index (χ0v) is 15.0. The molecule has 0 spiro atoms. The van der Waals surface area contributed by atoms with Gasteiger partial charge in [-0.3, -0.25) is 9.78 Å². The molecule has 0 aliphatic heterocycles. The molecule has 0 aliphatic rings. The SMILES string of the molecule is C[C@@H](NC(=O)c1ccccc1Sc1ccccc1C#N)c1ccccn1. The van der Waals surface area contributed by atoms with Gasteiger partial charge in [0.1, 0.15) is 6.07 Å². The van der Waals surface area contributed by atoms with Gasteiger partial charge in [-0.1, -0.05) is 42.1 Å². The van der Waals surface area contributed by atoms with Gasteiger partial charge in [0.05, 0.1) is 22.9 Å². The highest BCUT2D eigenvalue weighted by molar-refractivity contribution is 7.99. The average Bonchev–Trinajstić information content (AvgIpc) is 2.69. The minimum Gasteiger partial charge on any atom is -0.344 e. The average molecular weight is 359 g/mol. The first-order valence-electron chi connectivity index (χ1n) is 8.17. The highest BCUT2D eigenvalue weighted by Crippen LogP contribution is 2.32. The molecular formula is C21H17N3OS. The van der Waals surface area contributed by atoms with E-state index in [1.54, 1.807) is 18.3 Å². The number of carbonyl (C=O) groups is 1.